The van der Waals surface area contributed by atoms with Gasteiger partial charge >= 0.3 is 0 Å². The molecule has 6 heteroatoms. The van der Waals surface area contributed by atoms with Crippen molar-refractivity contribution in [1.29, 1.82) is 0 Å². The molecule has 0 aliphatic carbocycles. The summed E-state index contributed by atoms with van der Waals surface area (Å²) >= 11 is 0. The fraction of sp³-hybridized carbons (Fsp3) is 0.161. The van der Waals surface area contributed by atoms with Crippen LogP contribution in [0.5, 0.6) is 11.5 Å². The third kappa shape index (κ3) is 4.59. The van der Waals surface area contributed by atoms with E-state index in [1.54, 1.807) is 31.4 Å². The molecule has 0 saturated carbocycles. The first kappa shape index (κ1) is 24.3. The van der Waals surface area contributed by atoms with Crippen LogP contribution in [0.1, 0.15) is 43.8 Å². The van der Waals surface area contributed by atoms with Crippen molar-refractivity contribution in [3.05, 3.63) is 131 Å². The Hall–Kier alpha value is -4.42. The van der Waals surface area contributed by atoms with E-state index in [0.29, 0.717) is 46.8 Å². The minimum Gasteiger partial charge on any atom is -0.497 e. The topological polar surface area (TPSA) is 76.1 Å². The minimum atomic E-state index is -1.36. The maximum atomic E-state index is 12.5. The summed E-state index contributed by atoms with van der Waals surface area (Å²) in [7, 11) is 1.61. The van der Waals surface area contributed by atoms with Gasteiger partial charge in [0.2, 0.25) is 0 Å². The fourth-order valence-electron chi connectivity index (χ4n) is 4.66. The van der Waals surface area contributed by atoms with Crippen LogP contribution in [-0.2, 0) is 5.60 Å². The van der Waals surface area contributed by atoms with Crippen LogP contribution < -0.4 is 9.47 Å². The minimum absolute atomic E-state index is 0.260. The van der Waals surface area contributed by atoms with E-state index < -0.39 is 5.60 Å². The molecular formula is C31H27NO5. The zero-order valence-electron chi connectivity index (χ0n) is 20.5. The second-order valence-corrected chi connectivity index (χ2v) is 8.84. The van der Waals surface area contributed by atoms with Gasteiger partial charge in [0.25, 0.3) is 11.8 Å². The highest BCUT2D eigenvalue weighted by Crippen LogP contribution is 2.38. The van der Waals surface area contributed by atoms with Crippen molar-refractivity contribution in [2.45, 2.75) is 12.0 Å². The van der Waals surface area contributed by atoms with Crippen molar-refractivity contribution in [1.82, 2.24) is 4.90 Å². The number of aliphatic hydroxyl groups is 1. The highest BCUT2D eigenvalue weighted by atomic mass is 16.5. The standard InChI is InChI=1S/C31H27NO5/c1-36-25-16-12-23(13-17-25)31(35,22-8-3-2-4-9-22)24-14-18-26(19-15-24)37-21-7-20-32-29(33)27-10-5-6-11-28(27)30(32)34/h2-6,8-19,35H,7,20-21H2,1H3. The number of amides is 2. The van der Waals surface area contributed by atoms with Crippen LogP contribution in [-0.4, -0.2) is 42.1 Å². The number of nitrogens with zero attached hydrogens (tertiary/aromatic N) is 1. The van der Waals surface area contributed by atoms with E-state index in [0.717, 1.165) is 5.56 Å². The molecule has 1 N–H and O–H groups in total. The molecule has 6 nitrogen and oxygen atoms in total. The number of ether oxygens (including phenoxy) is 2. The molecule has 1 atom stereocenters. The lowest BCUT2D eigenvalue weighted by molar-refractivity contribution is 0.0646. The van der Waals surface area contributed by atoms with Gasteiger partial charge in [-0.1, -0.05) is 66.7 Å². The van der Waals surface area contributed by atoms with Crippen LogP contribution in [0.15, 0.2) is 103 Å². The second-order valence-electron chi connectivity index (χ2n) is 8.84. The van der Waals surface area contributed by atoms with E-state index in [-0.39, 0.29) is 18.4 Å². The Kier molecular flexibility index (Phi) is 6.75. The highest BCUT2D eigenvalue weighted by molar-refractivity contribution is 6.21. The van der Waals surface area contributed by atoms with Crippen LogP contribution in [0, 0.1) is 0 Å². The smallest absolute Gasteiger partial charge is 0.261 e. The zero-order valence-corrected chi connectivity index (χ0v) is 20.5. The molecule has 1 unspecified atom stereocenters. The number of imide groups is 1. The van der Waals surface area contributed by atoms with Gasteiger partial charge in [0.05, 0.1) is 24.8 Å². The van der Waals surface area contributed by atoms with Gasteiger partial charge in [-0.25, -0.2) is 0 Å². The first-order chi connectivity index (χ1) is 18.0. The molecule has 0 saturated heterocycles. The average molecular weight is 494 g/mol. The molecule has 0 fully saturated rings. The molecule has 1 aliphatic heterocycles. The SMILES string of the molecule is COc1ccc(C(O)(c2ccccc2)c2ccc(OCCCN3C(=O)c4ccccc4C3=O)cc2)cc1. The molecular weight excluding hydrogens is 466 g/mol. The van der Waals surface area contributed by atoms with Gasteiger partial charge in [0.15, 0.2) is 0 Å². The average Bonchev–Trinajstić information content (AvgIpc) is 3.20. The predicted molar refractivity (Wildman–Crippen MR) is 140 cm³/mol. The lowest BCUT2D eigenvalue weighted by Gasteiger charge is -2.30. The molecule has 4 aromatic rings. The van der Waals surface area contributed by atoms with Crippen LogP contribution in [0.2, 0.25) is 0 Å². The molecule has 2 amide bonds. The number of hydrogen-bond acceptors (Lipinski definition) is 5. The number of carbonyl (C=O) groups excluding carboxylic acids is 2. The summed E-state index contributed by atoms with van der Waals surface area (Å²) in [4.78, 5) is 26.3. The number of fused-ring (bicyclic) bond motifs is 1. The van der Waals surface area contributed by atoms with Crippen molar-refractivity contribution in [2.75, 3.05) is 20.3 Å². The van der Waals surface area contributed by atoms with Crippen molar-refractivity contribution in [3.8, 4) is 11.5 Å². The molecule has 0 spiro atoms. The Morgan fingerprint density at radius 2 is 1.16 bits per heavy atom. The Morgan fingerprint density at radius 3 is 1.70 bits per heavy atom. The third-order valence-corrected chi connectivity index (χ3v) is 6.64. The van der Waals surface area contributed by atoms with Gasteiger partial charge in [0.1, 0.15) is 17.1 Å². The molecule has 0 radical (unpaired) electrons. The first-order valence-electron chi connectivity index (χ1n) is 12.1. The second kappa shape index (κ2) is 10.3. The first-order valence-corrected chi connectivity index (χ1v) is 12.1. The van der Waals surface area contributed by atoms with Gasteiger partial charge in [-0.05, 0) is 59.5 Å². The molecule has 0 aromatic heterocycles. The highest BCUT2D eigenvalue weighted by Gasteiger charge is 2.35. The largest absolute Gasteiger partial charge is 0.497 e. The van der Waals surface area contributed by atoms with E-state index in [9.17, 15) is 14.7 Å². The maximum absolute atomic E-state index is 12.5. The summed E-state index contributed by atoms with van der Waals surface area (Å²) < 4.78 is 11.2. The number of hydrogen-bond donors (Lipinski definition) is 1. The Labute approximate surface area is 215 Å². The van der Waals surface area contributed by atoms with E-state index in [4.69, 9.17) is 9.47 Å². The molecule has 4 aromatic carbocycles. The van der Waals surface area contributed by atoms with Gasteiger partial charge in [0, 0.05) is 6.54 Å². The van der Waals surface area contributed by atoms with Crippen LogP contribution >= 0.6 is 0 Å². The van der Waals surface area contributed by atoms with Crippen molar-refractivity contribution < 1.29 is 24.2 Å². The van der Waals surface area contributed by atoms with Crippen molar-refractivity contribution in [2.24, 2.45) is 0 Å². The van der Waals surface area contributed by atoms with Gasteiger partial charge < -0.3 is 14.6 Å². The van der Waals surface area contributed by atoms with Gasteiger partial charge in [-0.2, -0.15) is 0 Å². The van der Waals surface area contributed by atoms with Crippen molar-refractivity contribution >= 4 is 11.8 Å². The predicted octanol–water partition coefficient (Wildman–Crippen LogP) is 5.04. The molecule has 186 valence electrons. The summed E-state index contributed by atoms with van der Waals surface area (Å²) in [5, 5.41) is 12.0. The number of rotatable bonds is 9. The molecule has 1 aliphatic rings. The quantitative estimate of drug-likeness (QED) is 0.201. The summed E-state index contributed by atoms with van der Waals surface area (Å²) in [6.07, 6.45) is 0.507. The lowest BCUT2D eigenvalue weighted by atomic mass is 9.80. The third-order valence-electron chi connectivity index (χ3n) is 6.64. The summed E-state index contributed by atoms with van der Waals surface area (Å²) in [5.41, 5.74) is 1.70. The monoisotopic (exact) mass is 493 g/mol. The van der Waals surface area contributed by atoms with E-state index in [1.165, 1.54) is 4.90 Å². The Morgan fingerprint density at radius 1 is 0.676 bits per heavy atom. The number of carbonyl (C=O) groups is 2. The van der Waals surface area contributed by atoms with Crippen molar-refractivity contribution in [3.63, 3.8) is 0 Å². The zero-order chi connectivity index (χ0) is 25.8. The summed E-state index contributed by atoms with van der Waals surface area (Å²) in [6, 6.07) is 31.1. The van der Waals surface area contributed by atoms with E-state index in [1.807, 2.05) is 78.9 Å². The maximum Gasteiger partial charge on any atom is 0.261 e. The van der Waals surface area contributed by atoms with E-state index in [2.05, 4.69) is 0 Å². The van der Waals surface area contributed by atoms with Gasteiger partial charge in [-0.15, -0.1) is 0 Å². The summed E-state index contributed by atoms with van der Waals surface area (Å²) in [5.74, 6) is 0.827. The number of methoxy groups -OCH3 is 1. The molecule has 1 heterocycles. The summed E-state index contributed by atoms with van der Waals surface area (Å²) in [6.45, 7) is 0.629. The molecule has 5 rings (SSSR count). The van der Waals surface area contributed by atoms with Crippen LogP contribution in [0.25, 0.3) is 0 Å². The fourth-order valence-corrected chi connectivity index (χ4v) is 4.66. The van der Waals surface area contributed by atoms with E-state index >= 15 is 0 Å². The Balaban J connectivity index is 1.27. The molecule has 0 bridgehead atoms. The number of benzene rings is 4. The van der Waals surface area contributed by atoms with Crippen LogP contribution in [0.4, 0.5) is 0 Å². The normalized spacial score (nSPS) is 14.3. The van der Waals surface area contributed by atoms with Gasteiger partial charge in [-0.3, -0.25) is 14.5 Å². The Bertz CT molecular complexity index is 1360. The molecule has 37 heavy (non-hydrogen) atoms. The van der Waals surface area contributed by atoms with Crippen LogP contribution in [0.3, 0.4) is 0 Å². The lowest BCUT2D eigenvalue weighted by Crippen LogP contribution is -2.31.